The first-order chi connectivity index (χ1) is 13.9. The molecule has 0 atom stereocenters. The van der Waals surface area contributed by atoms with Gasteiger partial charge in [0.1, 0.15) is 13.2 Å². The minimum absolute atomic E-state index is 0.205. The van der Waals surface area contributed by atoms with Crippen molar-refractivity contribution in [3.63, 3.8) is 0 Å². The Hall–Kier alpha value is -2.60. The van der Waals surface area contributed by atoms with E-state index in [9.17, 15) is 14.4 Å². The molecule has 3 amide bonds. The molecule has 0 aliphatic carbocycles. The van der Waals surface area contributed by atoms with Crippen molar-refractivity contribution in [2.75, 3.05) is 13.7 Å². The standard InChI is InChI=1S/C19H16IN3O5S/c1-27-14-7-11(8-15-18(25)23(9-16(21)24)19(26)29-15)6-13(20)17(14)28-10-12-4-2-3-5-22-12/h2-8H,9-10H2,1H3,(H2,21,24)/b15-8-. The van der Waals surface area contributed by atoms with E-state index >= 15 is 0 Å². The van der Waals surface area contributed by atoms with Crippen LogP contribution >= 0.6 is 34.4 Å². The average Bonchev–Trinajstić information content (AvgIpc) is 2.94. The van der Waals surface area contributed by atoms with E-state index in [2.05, 4.69) is 27.6 Å². The van der Waals surface area contributed by atoms with Crippen LogP contribution < -0.4 is 15.2 Å². The summed E-state index contributed by atoms with van der Waals surface area (Å²) in [5, 5.41) is -0.531. The molecule has 0 unspecified atom stereocenters. The monoisotopic (exact) mass is 525 g/mol. The number of nitrogens with zero attached hydrogens (tertiary/aromatic N) is 2. The molecule has 8 nitrogen and oxygen atoms in total. The van der Waals surface area contributed by atoms with Gasteiger partial charge in [0.2, 0.25) is 5.91 Å². The molecule has 1 fully saturated rings. The Morgan fingerprint density at radius 2 is 2.14 bits per heavy atom. The lowest BCUT2D eigenvalue weighted by Gasteiger charge is -2.13. The third-order valence-corrected chi connectivity index (χ3v) is 5.54. The van der Waals surface area contributed by atoms with Gasteiger partial charge in [0, 0.05) is 6.20 Å². The summed E-state index contributed by atoms with van der Waals surface area (Å²) in [5.41, 5.74) is 6.52. The smallest absolute Gasteiger partial charge is 0.294 e. The minimum Gasteiger partial charge on any atom is -0.493 e. The van der Waals surface area contributed by atoms with Crippen LogP contribution in [0.4, 0.5) is 4.79 Å². The topological polar surface area (TPSA) is 112 Å². The number of halogens is 1. The normalized spacial score (nSPS) is 15.1. The van der Waals surface area contributed by atoms with Crippen molar-refractivity contribution in [2.45, 2.75) is 6.61 Å². The van der Waals surface area contributed by atoms with Crippen LogP contribution in [0.1, 0.15) is 11.3 Å². The predicted octanol–water partition coefficient (Wildman–Crippen LogP) is 2.80. The van der Waals surface area contributed by atoms with Crippen LogP contribution in [-0.4, -0.2) is 40.6 Å². The SMILES string of the molecule is COc1cc(/C=C2\SC(=O)N(CC(N)=O)C2=O)cc(I)c1OCc1ccccn1. The Kier molecular flexibility index (Phi) is 6.75. The molecule has 1 aromatic heterocycles. The maximum absolute atomic E-state index is 12.4. The van der Waals surface area contributed by atoms with Gasteiger partial charge < -0.3 is 15.2 Å². The average molecular weight is 525 g/mol. The highest BCUT2D eigenvalue weighted by atomic mass is 127. The number of nitrogens with two attached hydrogens (primary N) is 1. The maximum Gasteiger partial charge on any atom is 0.294 e. The van der Waals surface area contributed by atoms with E-state index in [1.54, 1.807) is 24.4 Å². The second-order valence-electron chi connectivity index (χ2n) is 5.88. The molecule has 0 bridgehead atoms. The molecular formula is C19H16IN3O5S. The molecule has 10 heteroatoms. The largest absolute Gasteiger partial charge is 0.493 e. The molecule has 1 aliphatic heterocycles. The van der Waals surface area contributed by atoms with Gasteiger partial charge in [-0.05, 0) is 70.3 Å². The number of hydrogen-bond donors (Lipinski definition) is 1. The van der Waals surface area contributed by atoms with Gasteiger partial charge in [-0.15, -0.1) is 0 Å². The molecule has 29 heavy (non-hydrogen) atoms. The van der Waals surface area contributed by atoms with Gasteiger partial charge in [-0.3, -0.25) is 24.3 Å². The Bertz CT molecular complexity index is 997. The van der Waals surface area contributed by atoms with E-state index in [-0.39, 0.29) is 11.5 Å². The third-order valence-electron chi connectivity index (χ3n) is 3.83. The molecule has 2 heterocycles. The summed E-state index contributed by atoms with van der Waals surface area (Å²) in [6.45, 7) is -0.165. The highest BCUT2D eigenvalue weighted by molar-refractivity contribution is 14.1. The fourth-order valence-corrected chi connectivity index (χ4v) is 4.16. The highest BCUT2D eigenvalue weighted by Gasteiger charge is 2.35. The Balaban J connectivity index is 1.83. The summed E-state index contributed by atoms with van der Waals surface area (Å²) in [4.78, 5) is 40.6. The summed E-state index contributed by atoms with van der Waals surface area (Å²) in [7, 11) is 1.52. The number of aromatic nitrogens is 1. The highest BCUT2D eigenvalue weighted by Crippen LogP contribution is 2.37. The number of thioether (sulfide) groups is 1. The van der Waals surface area contributed by atoms with Crippen molar-refractivity contribution < 1.29 is 23.9 Å². The number of primary amides is 1. The quantitative estimate of drug-likeness (QED) is 0.437. The first-order valence-electron chi connectivity index (χ1n) is 8.33. The number of methoxy groups -OCH3 is 1. The Morgan fingerprint density at radius 3 is 2.79 bits per heavy atom. The Morgan fingerprint density at radius 1 is 1.34 bits per heavy atom. The van der Waals surface area contributed by atoms with Gasteiger partial charge in [-0.25, -0.2) is 0 Å². The number of benzene rings is 1. The molecule has 0 spiro atoms. The lowest BCUT2D eigenvalue weighted by atomic mass is 10.2. The first-order valence-corrected chi connectivity index (χ1v) is 10.2. The lowest BCUT2D eigenvalue weighted by Crippen LogP contribution is -2.36. The zero-order chi connectivity index (χ0) is 21.0. The molecule has 150 valence electrons. The van der Waals surface area contributed by atoms with Gasteiger partial charge in [-0.2, -0.15) is 0 Å². The number of hydrogen-bond acceptors (Lipinski definition) is 7. The number of rotatable bonds is 7. The van der Waals surface area contributed by atoms with Crippen molar-refractivity contribution >= 4 is 57.5 Å². The van der Waals surface area contributed by atoms with Crippen LogP contribution in [0, 0.1) is 3.57 Å². The van der Waals surface area contributed by atoms with Crippen molar-refractivity contribution in [3.05, 3.63) is 56.3 Å². The van der Waals surface area contributed by atoms with E-state index in [0.717, 1.165) is 25.9 Å². The predicted molar refractivity (Wildman–Crippen MR) is 116 cm³/mol. The molecule has 1 aromatic carbocycles. The van der Waals surface area contributed by atoms with E-state index in [1.807, 2.05) is 18.2 Å². The van der Waals surface area contributed by atoms with Crippen LogP contribution in [0.15, 0.2) is 41.4 Å². The number of amides is 3. The van der Waals surface area contributed by atoms with Crippen molar-refractivity contribution in [1.82, 2.24) is 9.88 Å². The van der Waals surface area contributed by atoms with Gasteiger partial charge in [0.05, 0.1) is 21.3 Å². The third kappa shape index (κ3) is 5.07. The van der Waals surface area contributed by atoms with Crippen molar-refractivity contribution in [2.24, 2.45) is 5.73 Å². The van der Waals surface area contributed by atoms with Gasteiger partial charge >= 0.3 is 0 Å². The van der Waals surface area contributed by atoms with Crippen LogP contribution in [0.2, 0.25) is 0 Å². The van der Waals surface area contributed by atoms with Crippen LogP contribution in [-0.2, 0) is 16.2 Å². The van der Waals surface area contributed by atoms with Crippen molar-refractivity contribution in [1.29, 1.82) is 0 Å². The molecular weight excluding hydrogens is 509 g/mol. The Labute approximate surface area is 184 Å². The van der Waals surface area contributed by atoms with Gasteiger partial charge in [0.15, 0.2) is 11.5 Å². The number of pyridine rings is 1. The van der Waals surface area contributed by atoms with Crippen LogP contribution in [0.5, 0.6) is 11.5 Å². The second-order valence-corrected chi connectivity index (χ2v) is 8.03. The summed E-state index contributed by atoms with van der Waals surface area (Å²) >= 11 is 2.87. The maximum atomic E-state index is 12.4. The fraction of sp³-hybridized carbons (Fsp3) is 0.158. The van der Waals surface area contributed by atoms with Gasteiger partial charge in [0.25, 0.3) is 11.1 Å². The number of ether oxygens (including phenoxy) is 2. The lowest BCUT2D eigenvalue weighted by molar-refractivity contribution is -0.127. The van der Waals surface area contributed by atoms with Crippen molar-refractivity contribution in [3.8, 4) is 11.5 Å². The van der Waals surface area contributed by atoms with Crippen LogP contribution in [0.25, 0.3) is 6.08 Å². The zero-order valence-electron chi connectivity index (χ0n) is 15.3. The fourth-order valence-electron chi connectivity index (χ4n) is 2.54. The molecule has 2 aromatic rings. The molecule has 2 N–H and O–H groups in total. The van der Waals surface area contributed by atoms with E-state index < -0.39 is 23.6 Å². The summed E-state index contributed by atoms with van der Waals surface area (Å²) < 4.78 is 12.1. The molecule has 1 aliphatic rings. The van der Waals surface area contributed by atoms with E-state index in [0.29, 0.717) is 17.1 Å². The summed E-state index contributed by atoms with van der Waals surface area (Å²) in [5.74, 6) is -0.268. The summed E-state index contributed by atoms with van der Waals surface area (Å²) in [6.07, 6.45) is 3.26. The number of imide groups is 1. The zero-order valence-corrected chi connectivity index (χ0v) is 18.2. The van der Waals surface area contributed by atoms with E-state index in [4.69, 9.17) is 15.2 Å². The second kappa shape index (κ2) is 9.27. The summed E-state index contributed by atoms with van der Waals surface area (Å²) in [6, 6.07) is 9.07. The number of carbonyl (C=O) groups excluding carboxylic acids is 3. The van der Waals surface area contributed by atoms with Crippen LogP contribution in [0.3, 0.4) is 0 Å². The first kappa shape index (κ1) is 21.1. The number of carbonyl (C=O) groups is 3. The minimum atomic E-state index is -0.751. The molecule has 1 saturated heterocycles. The molecule has 0 radical (unpaired) electrons. The van der Waals surface area contributed by atoms with Gasteiger partial charge in [-0.1, -0.05) is 6.07 Å². The van der Waals surface area contributed by atoms with E-state index in [1.165, 1.54) is 7.11 Å². The molecule has 3 rings (SSSR count). The molecule has 0 saturated carbocycles.